The number of ether oxygens (including phenoxy) is 2. The monoisotopic (exact) mass is 727 g/mol. The van der Waals surface area contributed by atoms with Crippen molar-refractivity contribution in [2.45, 2.75) is 64.7 Å². The summed E-state index contributed by atoms with van der Waals surface area (Å²) >= 11 is 0. The van der Waals surface area contributed by atoms with Crippen molar-refractivity contribution in [3.8, 4) is 33.6 Å². The van der Waals surface area contributed by atoms with E-state index in [1.807, 2.05) is 76.2 Å². The van der Waals surface area contributed by atoms with Gasteiger partial charge in [0.05, 0.1) is 50.1 Å². The van der Waals surface area contributed by atoms with Crippen molar-refractivity contribution < 1.29 is 28.7 Å². The van der Waals surface area contributed by atoms with Gasteiger partial charge in [-0.15, -0.1) is 0 Å². The molecule has 1 aliphatic heterocycles. The predicted octanol–water partition coefficient (Wildman–Crippen LogP) is 4.67. The Hall–Kier alpha value is -5.70. The van der Waals surface area contributed by atoms with Crippen molar-refractivity contribution in [3.05, 3.63) is 72.6 Å². The average Bonchev–Trinajstić information content (AvgIpc) is 3.96. The van der Waals surface area contributed by atoms with Gasteiger partial charge in [0, 0.05) is 13.1 Å². The number of likely N-dealkylation sites (tertiary alicyclic amines) is 1. The maximum absolute atomic E-state index is 13.5. The first-order chi connectivity index (χ1) is 25.4. The van der Waals surface area contributed by atoms with Gasteiger partial charge in [0.25, 0.3) is 0 Å². The highest BCUT2D eigenvalue weighted by Gasteiger charge is 2.37. The van der Waals surface area contributed by atoms with Crippen LogP contribution in [-0.4, -0.2) is 88.2 Å². The van der Waals surface area contributed by atoms with Crippen LogP contribution in [0.2, 0.25) is 0 Å². The lowest BCUT2D eigenvalue weighted by atomic mass is 10.0. The SMILES string of the molecule is COC(=O)N[C@H](C(=O)N[C@@H](CN)c1ncc(-c2ccc(-c3ccc(-c4cnc([C@@H]5CCCN5C(=O)[C@@H](NC(=O)OC)C(C)C)[nH]4)cc3)cc2)[nH]1)C(C)C. The zero-order valence-corrected chi connectivity index (χ0v) is 30.9. The summed E-state index contributed by atoms with van der Waals surface area (Å²) in [7, 11) is 2.53. The van der Waals surface area contributed by atoms with Gasteiger partial charge in [-0.3, -0.25) is 9.59 Å². The van der Waals surface area contributed by atoms with Gasteiger partial charge < -0.3 is 46.0 Å². The lowest BCUT2D eigenvalue weighted by molar-refractivity contribution is -0.135. The van der Waals surface area contributed by atoms with E-state index in [0.717, 1.165) is 46.5 Å². The number of nitrogens with one attached hydrogen (secondary N) is 5. The molecular weight excluding hydrogens is 678 g/mol. The largest absolute Gasteiger partial charge is 0.453 e. The van der Waals surface area contributed by atoms with E-state index in [-0.39, 0.29) is 36.2 Å². The van der Waals surface area contributed by atoms with Gasteiger partial charge in [0.2, 0.25) is 11.8 Å². The Balaban J connectivity index is 1.23. The van der Waals surface area contributed by atoms with Gasteiger partial charge >= 0.3 is 12.2 Å². The van der Waals surface area contributed by atoms with Crippen LogP contribution in [-0.2, 0) is 19.1 Å². The van der Waals surface area contributed by atoms with Crippen molar-refractivity contribution in [2.75, 3.05) is 27.3 Å². The minimum Gasteiger partial charge on any atom is -0.453 e. The molecule has 4 atom stereocenters. The molecule has 0 radical (unpaired) electrons. The molecule has 3 heterocycles. The van der Waals surface area contributed by atoms with Crippen molar-refractivity contribution in [3.63, 3.8) is 0 Å². The van der Waals surface area contributed by atoms with Crippen LogP contribution >= 0.6 is 0 Å². The second kappa shape index (κ2) is 17.2. The van der Waals surface area contributed by atoms with Crippen molar-refractivity contribution in [1.82, 2.24) is 40.8 Å². The second-order valence-corrected chi connectivity index (χ2v) is 13.7. The van der Waals surface area contributed by atoms with Crippen LogP contribution in [0, 0.1) is 11.8 Å². The molecule has 1 aliphatic rings. The van der Waals surface area contributed by atoms with Crippen molar-refractivity contribution >= 4 is 24.0 Å². The quantitative estimate of drug-likeness (QED) is 0.113. The first-order valence-corrected chi connectivity index (χ1v) is 17.7. The summed E-state index contributed by atoms with van der Waals surface area (Å²) in [5.74, 6) is 0.386. The molecule has 0 aliphatic carbocycles. The fraction of sp³-hybridized carbons (Fsp3) is 0.421. The molecule has 2 aromatic carbocycles. The van der Waals surface area contributed by atoms with Crippen LogP contribution < -0.4 is 21.7 Å². The number of rotatable bonds is 13. The molecular formula is C38H49N9O6. The summed E-state index contributed by atoms with van der Waals surface area (Å²) in [5.41, 5.74) is 11.5. The number of aromatic amines is 2. The van der Waals surface area contributed by atoms with E-state index in [1.54, 1.807) is 17.3 Å². The van der Waals surface area contributed by atoms with Crippen LogP contribution in [0.4, 0.5) is 9.59 Å². The number of nitrogens with two attached hydrogens (primary N) is 1. The topological polar surface area (TPSA) is 209 Å². The van der Waals surface area contributed by atoms with Gasteiger partial charge in [0.15, 0.2) is 0 Å². The van der Waals surface area contributed by atoms with Crippen LogP contribution in [0.1, 0.15) is 64.3 Å². The number of aromatic nitrogens is 4. The van der Waals surface area contributed by atoms with Gasteiger partial charge in [-0.1, -0.05) is 76.2 Å². The maximum atomic E-state index is 13.5. The predicted molar refractivity (Wildman–Crippen MR) is 199 cm³/mol. The number of imidazole rings is 2. The molecule has 7 N–H and O–H groups in total. The molecule has 53 heavy (non-hydrogen) atoms. The first kappa shape index (κ1) is 38.5. The summed E-state index contributed by atoms with van der Waals surface area (Å²) in [4.78, 5) is 67.8. The van der Waals surface area contributed by atoms with E-state index in [2.05, 4.69) is 40.6 Å². The smallest absolute Gasteiger partial charge is 0.407 e. The van der Waals surface area contributed by atoms with E-state index in [4.69, 9.17) is 10.5 Å². The lowest BCUT2D eigenvalue weighted by Gasteiger charge is -2.30. The summed E-state index contributed by atoms with van der Waals surface area (Å²) in [6, 6.07) is 13.9. The fourth-order valence-corrected chi connectivity index (χ4v) is 6.41. The van der Waals surface area contributed by atoms with Crippen LogP contribution in [0.25, 0.3) is 33.6 Å². The lowest BCUT2D eigenvalue weighted by Crippen LogP contribution is -2.51. The number of H-pyrrole nitrogens is 2. The molecule has 4 aromatic rings. The second-order valence-electron chi connectivity index (χ2n) is 13.7. The van der Waals surface area contributed by atoms with Gasteiger partial charge in [-0.25, -0.2) is 19.6 Å². The minimum atomic E-state index is -0.800. The number of benzene rings is 2. The fourth-order valence-electron chi connectivity index (χ4n) is 6.41. The summed E-state index contributed by atoms with van der Waals surface area (Å²) in [6.45, 7) is 8.12. The Morgan fingerprint density at radius 2 is 1.28 bits per heavy atom. The third-order valence-electron chi connectivity index (χ3n) is 9.45. The molecule has 15 nitrogen and oxygen atoms in total. The third-order valence-corrected chi connectivity index (χ3v) is 9.45. The molecule has 0 spiro atoms. The highest BCUT2D eigenvalue weighted by molar-refractivity contribution is 5.87. The van der Waals surface area contributed by atoms with E-state index >= 15 is 0 Å². The zero-order valence-electron chi connectivity index (χ0n) is 30.9. The number of hydrogen-bond acceptors (Lipinski definition) is 9. The number of methoxy groups -OCH3 is 2. The van der Waals surface area contributed by atoms with E-state index < -0.39 is 30.3 Å². The molecule has 0 bridgehead atoms. The molecule has 1 fully saturated rings. The molecule has 282 valence electrons. The number of alkyl carbamates (subject to hydrolysis) is 2. The van der Waals surface area contributed by atoms with E-state index in [1.165, 1.54) is 14.2 Å². The number of carbonyl (C=O) groups excluding carboxylic acids is 4. The zero-order chi connectivity index (χ0) is 38.2. The van der Waals surface area contributed by atoms with Crippen LogP contribution in [0.15, 0.2) is 60.9 Å². The molecule has 0 unspecified atom stereocenters. The average molecular weight is 728 g/mol. The van der Waals surface area contributed by atoms with Gasteiger partial charge in [-0.2, -0.15) is 0 Å². The van der Waals surface area contributed by atoms with Crippen LogP contribution in [0.5, 0.6) is 0 Å². The highest BCUT2D eigenvalue weighted by Crippen LogP contribution is 2.33. The van der Waals surface area contributed by atoms with Crippen molar-refractivity contribution in [2.24, 2.45) is 17.6 Å². The first-order valence-electron chi connectivity index (χ1n) is 17.7. The van der Waals surface area contributed by atoms with E-state index in [9.17, 15) is 19.2 Å². The number of carbonyl (C=O) groups is 4. The highest BCUT2D eigenvalue weighted by atomic mass is 16.5. The molecule has 0 saturated carbocycles. The molecule has 5 rings (SSSR count). The normalized spacial score (nSPS) is 15.9. The third kappa shape index (κ3) is 9.03. The standard InChI is InChI=1S/C38H49N9O6/c1-21(2)31(45-37(50)52-5)35(48)44-27(18-39)33-40-19-28(42-33)25-13-9-23(10-14-25)24-11-15-26(16-12-24)29-20-41-34(43-29)30-8-7-17-47(30)36(49)32(22(3)4)46-38(51)53-6/h9-16,19-22,27,30-32H,7-8,17-18,39H2,1-6H3,(H,40,42)(H,41,43)(H,44,48)(H,45,50)(H,46,51)/t27-,30-,31-,32-/m0/s1. The van der Waals surface area contributed by atoms with Gasteiger partial charge in [-0.05, 0) is 46.9 Å². The minimum absolute atomic E-state index is 0.101. The van der Waals surface area contributed by atoms with Crippen molar-refractivity contribution in [1.29, 1.82) is 0 Å². The van der Waals surface area contributed by atoms with Gasteiger partial charge in [0.1, 0.15) is 23.7 Å². The van der Waals surface area contributed by atoms with E-state index in [0.29, 0.717) is 18.2 Å². The summed E-state index contributed by atoms with van der Waals surface area (Å²) in [5, 5.41) is 8.12. The molecule has 2 aromatic heterocycles. The molecule has 4 amide bonds. The molecule has 15 heteroatoms. The Morgan fingerprint density at radius 1 is 0.774 bits per heavy atom. The number of nitrogens with zero attached hydrogens (tertiary/aromatic N) is 3. The maximum Gasteiger partial charge on any atom is 0.407 e. The summed E-state index contributed by atoms with van der Waals surface area (Å²) < 4.78 is 9.40. The number of amides is 4. The Labute approximate surface area is 308 Å². The Kier molecular flexibility index (Phi) is 12.5. The summed E-state index contributed by atoms with van der Waals surface area (Å²) in [6.07, 6.45) is 3.78. The molecule has 1 saturated heterocycles. The Bertz CT molecular complexity index is 1870. The van der Waals surface area contributed by atoms with Crippen LogP contribution in [0.3, 0.4) is 0 Å². The number of hydrogen-bond donors (Lipinski definition) is 6. The Morgan fingerprint density at radius 3 is 1.81 bits per heavy atom.